The molecule has 0 atom stereocenters. The molecule has 0 N–H and O–H groups in total. The number of hydrogen-bond acceptors (Lipinski definition) is 2. The molecule has 0 aromatic heterocycles. The Hall–Kier alpha value is -1.83. The molecule has 2 aromatic rings. The van der Waals surface area contributed by atoms with E-state index in [0.29, 0.717) is 6.42 Å². The Morgan fingerprint density at radius 1 is 1.12 bits per heavy atom. The molecule has 0 bridgehead atoms. The van der Waals surface area contributed by atoms with E-state index in [4.69, 9.17) is 4.74 Å². The van der Waals surface area contributed by atoms with Crippen molar-refractivity contribution in [3.05, 3.63) is 42.5 Å². The molecule has 0 unspecified atom stereocenters. The largest absolute Gasteiger partial charge is 0.485 e. The van der Waals surface area contributed by atoms with Crippen LogP contribution in [-0.2, 0) is 4.79 Å². The highest BCUT2D eigenvalue weighted by molar-refractivity contribution is 5.88. The summed E-state index contributed by atoms with van der Waals surface area (Å²) in [6, 6.07) is 13.9. The van der Waals surface area contributed by atoms with Crippen molar-refractivity contribution in [2.45, 2.75) is 13.3 Å². The molecule has 16 heavy (non-hydrogen) atoms. The van der Waals surface area contributed by atoms with E-state index >= 15 is 0 Å². The fourth-order valence-electron chi connectivity index (χ4n) is 1.58. The SMILES string of the molecule is CCC(=O)COc1cccc2ccccc12. The van der Waals surface area contributed by atoms with Crippen molar-refractivity contribution in [1.82, 2.24) is 0 Å². The van der Waals surface area contributed by atoms with Crippen molar-refractivity contribution in [3.8, 4) is 5.75 Å². The molecule has 0 saturated heterocycles. The predicted molar refractivity (Wildman–Crippen MR) is 64.7 cm³/mol. The molecule has 0 heterocycles. The van der Waals surface area contributed by atoms with Gasteiger partial charge in [0.2, 0.25) is 0 Å². The van der Waals surface area contributed by atoms with Gasteiger partial charge in [0.05, 0.1) is 0 Å². The molecule has 0 spiro atoms. The maximum atomic E-state index is 11.2. The first kappa shape index (κ1) is 10.7. The number of rotatable bonds is 4. The van der Waals surface area contributed by atoms with Crippen LogP contribution in [0.2, 0.25) is 0 Å². The van der Waals surface area contributed by atoms with Gasteiger partial charge in [-0.25, -0.2) is 0 Å². The number of ether oxygens (including phenoxy) is 1. The second-order valence-corrected chi connectivity index (χ2v) is 3.66. The minimum atomic E-state index is 0.118. The Balaban J connectivity index is 2.27. The average molecular weight is 214 g/mol. The summed E-state index contributed by atoms with van der Waals surface area (Å²) in [5.74, 6) is 0.896. The molecule has 2 nitrogen and oxygen atoms in total. The van der Waals surface area contributed by atoms with Gasteiger partial charge in [0, 0.05) is 11.8 Å². The monoisotopic (exact) mass is 214 g/mol. The Labute approximate surface area is 94.8 Å². The summed E-state index contributed by atoms with van der Waals surface area (Å²) < 4.78 is 5.52. The van der Waals surface area contributed by atoms with E-state index in [1.54, 1.807) is 0 Å². The van der Waals surface area contributed by atoms with Crippen LogP contribution in [0.4, 0.5) is 0 Å². The van der Waals surface area contributed by atoms with E-state index in [2.05, 4.69) is 0 Å². The first-order valence-corrected chi connectivity index (χ1v) is 5.43. The Kier molecular flexibility index (Phi) is 3.20. The molecule has 0 radical (unpaired) electrons. The van der Waals surface area contributed by atoms with Gasteiger partial charge in [-0.15, -0.1) is 0 Å². The highest BCUT2D eigenvalue weighted by Gasteiger charge is 2.03. The summed E-state index contributed by atoms with van der Waals surface area (Å²) in [6.45, 7) is 2.00. The van der Waals surface area contributed by atoms with E-state index in [1.165, 1.54) is 0 Å². The van der Waals surface area contributed by atoms with Crippen LogP contribution in [0, 0.1) is 0 Å². The third-order valence-corrected chi connectivity index (χ3v) is 2.53. The smallest absolute Gasteiger partial charge is 0.169 e. The van der Waals surface area contributed by atoms with Gasteiger partial charge in [-0.2, -0.15) is 0 Å². The van der Waals surface area contributed by atoms with Crippen molar-refractivity contribution in [3.63, 3.8) is 0 Å². The molecule has 2 aromatic carbocycles. The van der Waals surface area contributed by atoms with Crippen LogP contribution in [0.25, 0.3) is 10.8 Å². The Morgan fingerprint density at radius 3 is 2.69 bits per heavy atom. The zero-order valence-electron chi connectivity index (χ0n) is 9.27. The summed E-state index contributed by atoms with van der Waals surface area (Å²) in [6.07, 6.45) is 0.519. The molecular formula is C14H14O2. The lowest BCUT2D eigenvalue weighted by Gasteiger charge is -2.07. The minimum absolute atomic E-state index is 0.118. The molecular weight excluding hydrogens is 200 g/mol. The van der Waals surface area contributed by atoms with Crippen LogP contribution in [0.1, 0.15) is 13.3 Å². The maximum absolute atomic E-state index is 11.2. The summed E-state index contributed by atoms with van der Waals surface area (Å²) in [5.41, 5.74) is 0. The lowest BCUT2D eigenvalue weighted by Crippen LogP contribution is -2.09. The number of hydrogen-bond donors (Lipinski definition) is 0. The molecule has 82 valence electrons. The van der Waals surface area contributed by atoms with Crippen LogP contribution < -0.4 is 4.74 Å². The van der Waals surface area contributed by atoms with Gasteiger partial charge in [-0.05, 0) is 11.5 Å². The fourth-order valence-corrected chi connectivity index (χ4v) is 1.58. The summed E-state index contributed by atoms with van der Waals surface area (Å²) in [7, 11) is 0. The molecule has 0 amide bonds. The standard InChI is InChI=1S/C14H14O2/c1-2-12(15)10-16-14-9-5-7-11-6-3-4-8-13(11)14/h3-9H,2,10H2,1H3. The summed E-state index contributed by atoms with van der Waals surface area (Å²) >= 11 is 0. The second-order valence-electron chi connectivity index (χ2n) is 3.66. The van der Waals surface area contributed by atoms with E-state index in [1.807, 2.05) is 49.4 Å². The van der Waals surface area contributed by atoms with Crippen LogP contribution >= 0.6 is 0 Å². The average Bonchev–Trinajstić information content (AvgIpc) is 2.35. The van der Waals surface area contributed by atoms with E-state index < -0.39 is 0 Å². The van der Waals surface area contributed by atoms with Gasteiger partial charge in [0.1, 0.15) is 12.4 Å². The molecule has 2 heteroatoms. The summed E-state index contributed by atoms with van der Waals surface area (Å²) in [4.78, 5) is 11.2. The first-order chi connectivity index (χ1) is 7.81. The van der Waals surface area contributed by atoms with Crippen LogP contribution in [0.5, 0.6) is 5.75 Å². The van der Waals surface area contributed by atoms with E-state index in [-0.39, 0.29) is 12.4 Å². The van der Waals surface area contributed by atoms with Crippen molar-refractivity contribution in [2.24, 2.45) is 0 Å². The van der Waals surface area contributed by atoms with Gasteiger partial charge >= 0.3 is 0 Å². The second kappa shape index (κ2) is 4.79. The number of carbonyl (C=O) groups is 1. The highest BCUT2D eigenvalue weighted by Crippen LogP contribution is 2.24. The number of benzene rings is 2. The fraction of sp³-hybridized carbons (Fsp3) is 0.214. The van der Waals surface area contributed by atoms with E-state index in [9.17, 15) is 4.79 Å². The molecule has 0 saturated carbocycles. The quantitative estimate of drug-likeness (QED) is 0.781. The Morgan fingerprint density at radius 2 is 1.88 bits per heavy atom. The number of ketones is 1. The van der Waals surface area contributed by atoms with Crippen molar-refractivity contribution in [1.29, 1.82) is 0 Å². The lowest BCUT2D eigenvalue weighted by molar-refractivity contribution is -0.120. The van der Waals surface area contributed by atoms with Crippen molar-refractivity contribution in [2.75, 3.05) is 6.61 Å². The van der Waals surface area contributed by atoms with Crippen molar-refractivity contribution >= 4 is 16.6 Å². The summed E-state index contributed by atoms with van der Waals surface area (Å²) in [5, 5.41) is 2.18. The first-order valence-electron chi connectivity index (χ1n) is 5.43. The lowest BCUT2D eigenvalue weighted by atomic mass is 10.1. The maximum Gasteiger partial charge on any atom is 0.169 e. The third kappa shape index (κ3) is 2.22. The van der Waals surface area contributed by atoms with Crippen LogP contribution in [0.3, 0.4) is 0 Å². The zero-order chi connectivity index (χ0) is 11.4. The van der Waals surface area contributed by atoms with Gasteiger partial charge < -0.3 is 4.74 Å². The highest BCUT2D eigenvalue weighted by atomic mass is 16.5. The number of carbonyl (C=O) groups excluding carboxylic acids is 1. The van der Waals surface area contributed by atoms with Crippen LogP contribution in [-0.4, -0.2) is 12.4 Å². The zero-order valence-corrected chi connectivity index (χ0v) is 9.27. The molecule has 2 rings (SSSR count). The topological polar surface area (TPSA) is 26.3 Å². The van der Waals surface area contributed by atoms with Gasteiger partial charge in [-0.3, -0.25) is 4.79 Å². The van der Waals surface area contributed by atoms with E-state index in [0.717, 1.165) is 16.5 Å². The minimum Gasteiger partial charge on any atom is -0.485 e. The van der Waals surface area contributed by atoms with Gasteiger partial charge in [0.25, 0.3) is 0 Å². The van der Waals surface area contributed by atoms with Crippen molar-refractivity contribution < 1.29 is 9.53 Å². The molecule has 0 aliphatic carbocycles. The number of Topliss-reactive ketones (excluding diaryl/α,β-unsaturated/α-hetero) is 1. The van der Waals surface area contributed by atoms with Crippen LogP contribution in [0.15, 0.2) is 42.5 Å². The normalized spacial score (nSPS) is 10.3. The number of fused-ring (bicyclic) bond motifs is 1. The Bertz CT molecular complexity index is 498. The molecule has 0 aliphatic heterocycles. The van der Waals surface area contributed by atoms with Gasteiger partial charge in [-0.1, -0.05) is 43.3 Å². The van der Waals surface area contributed by atoms with Gasteiger partial charge in [0.15, 0.2) is 5.78 Å². The predicted octanol–water partition coefficient (Wildman–Crippen LogP) is 3.20. The third-order valence-electron chi connectivity index (χ3n) is 2.53. The molecule has 0 fully saturated rings. The molecule has 0 aliphatic rings.